The second-order valence-electron chi connectivity index (χ2n) is 9.43. The van der Waals surface area contributed by atoms with Crippen molar-refractivity contribution in [3.05, 3.63) is 54.1 Å². The van der Waals surface area contributed by atoms with E-state index in [-0.39, 0.29) is 30.4 Å². The molecule has 184 valence electrons. The van der Waals surface area contributed by atoms with Gasteiger partial charge in [0.15, 0.2) is 6.10 Å². The Morgan fingerprint density at radius 2 is 1.83 bits per heavy atom. The molecule has 0 radical (unpaired) electrons. The molecule has 4 unspecified atom stereocenters. The lowest BCUT2D eigenvalue weighted by Crippen LogP contribution is -2.65. The van der Waals surface area contributed by atoms with Crippen molar-refractivity contribution < 1.29 is 23.9 Å². The first-order valence-corrected chi connectivity index (χ1v) is 12.4. The summed E-state index contributed by atoms with van der Waals surface area (Å²) in [5.41, 5.74) is 2.05. The minimum atomic E-state index is -0.773. The predicted molar refractivity (Wildman–Crippen MR) is 131 cm³/mol. The van der Waals surface area contributed by atoms with E-state index in [2.05, 4.69) is 5.32 Å². The fourth-order valence-electron chi connectivity index (χ4n) is 5.56. The molecule has 1 aliphatic carbocycles. The van der Waals surface area contributed by atoms with Crippen LogP contribution in [0.3, 0.4) is 0 Å². The topological polar surface area (TPSA) is 88.2 Å². The van der Waals surface area contributed by atoms with Crippen LogP contribution in [0.25, 0.3) is 0 Å². The maximum Gasteiger partial charge on any atom is 0.332 e. The SMILES string of the molecule is CCOc1ccccc1NC(=O)CN1C(=O)N(c2ccc(C)cc2)C(=O)C2OC3CCCCC3C21. The molecule has 1 saturated carbocycles. The van der Waals surface area contributed by atoms with Crippen LogP contribution in [-0.2, 0) is 14.3 Å². The van der Waals surface area contributed by atoms with Crippen molar-refractivity contribution in [3.63, 3.8) is 0 Å². The fraction of sp³-hybridized carbons (Fsp3) is 0.444. The number of carbonyl (C=O) groups is 3. The van der Waals surface area contributed by atoms with Crippen molar-refractivity contribution in [1.82, 2.24) is 4.90 Å². The molecule has 3 fully saturated rings. The second-order valence-corrected chi connectivity index (χ2v) is 9.43. The third kappa shape index (κ3) is 4.38. The number of hydrogen-bond acceptors (Lipinski definition) is 5. The summed E-state index contributed by atoms with van der Waals surface area (Å²) < 4.78 is 11.9. The number of aryl methyl sites for hydroxylation is 1. The average molecular weight is 478 g/mol. The molecular formula is C27H31N3O5. The molecule has 0 bridgehead atoms. The molecule has 8 heteroatoms. The number of para-hydroxylation sites is 2. The average Bonchev–Trinajstić information content (AvgIpc) is 3.24. The Hall–Kier alpha value is -3.39. The lowest BCUT2D eigenvalue weighted by atomic mass is 9.81. The first-order valence-electron chi connectivity index (χ1n) is 12.4. The second kappa shape index (κ2) is 9.70. The Morgan fingerprint density at radius 1 is 1.09 bits per heavy atom. The monoisotopic (exact) mass is 477 g/mol. The summed E-state index contributed by atoms with van der Waals surface area (Å²) in [6.45, 7) is 4.11. The Balaban J connectivity index is 1.44. The highest BCUT2D eigenvalue weighted by molar-refractivity contribution is 6.18. The van der Waals surface area contributed by atoms with E-state index in [1.807, 2.05) is 38.1 Å². The zero-order valence-electron chi connectivity index (χ0n) is 20.1. The summed E-state index contributed by atoms with van der Waals surface area (Å²) in [6.07, 6.45) is 2.97. The van der Waals surface area contributed by atoms with E-state index in [1.165, 1.54) is 4.90 Å². The summed E-state index contributed by atoms with van der Waals surface area (Å²) in [6, 6.07) is 13.5. The smallest absolute Gasteiger partial charge is 0.332 e. The summed E-state index contributed by atoms with van der Waals surface area (Å²) >= 11 is 0. The highest BCUT2D eigenvalue weighted by Gasteiger charge is 2.58. The lowest BCUT2D eigenvalue weighted by molar-refractivity contribution is -0.133. The van der Waals surface area contributed by atoms with Crippen LogP contribution in [-0.4, -0.2) is 54.1 Å². The van der Waals surface area contributed by atoms with Crippen LogP contribution in [0.5, 0.6) is 5.75 Å². The minimum absolute atomic E-state index is 0.0466. The molecule has 2 aliphatic heterocycles. The Labute approximate surface area is 205 Å². The number of benzene rings is 2. The maximum atomic E-state index is 13.8. The van der Waals surface area contributed by atoms with Gasteiger partial charge in [0.2, 0.25) is 5.91 Å². The molecule has 3 aliphatic rings. The van der Waals surface area contributed by atoms with Gasteiger partial charge in [0.05, 0.1) is 30.1 Å². The zero-order chi connectivity index (χ0) is 24.5. The maximum absolute atomic E-state index is 13.8. The fourth-order valence-corrected chi connectivity index (χ4v) is 5.56. The molecule has 2 aromatic carbocycles. The van der Waals surface area contributed by atoms with E-state index in [4.69, 9.17) is 9.47 Å². The van der Waals surface area contributed by atoms with Gasteiger partial charge < -0.3 is 19.7 Å². The number of hydrogen-bond donors (Lipinski definition) is 1. The number of urea groups is 1. The molecule has 1 N–H and O–H groups in total. The number of nitrogens with zero attached hydrogens (tertiary/aromatic N) is 2. The first kappa shape index (κ1) is 23.4. The molecule has 2 aromatic rings. The number of nitrogens with one attached hydrogen (secondary N) is 1. The molecule has 0 aromatic heterocycles. The largest absolute Gasteiger partial charge is 0.492 e. The van der Waals surface area contributed by atoms with Gasteiger partial charge in [-0.05, 0) is 51.0 Å². The van der Waals surface area contributed by atoms with Crippen molar-refractivity contribution in [2.24, 2.45) is 5.92 Å². The normalized spacial score (nSPS) is 25.8. The predicted octanol–water partition coefficient (Wildman–Crippen LogP) is 4.13. The lowest BCUT2D eigenvalue weighted by Gasteiger charge is -2.42. The third-order valence-electron chi connectivity index (χ3n) is 7.15. The van der Waals surface area contributed by atoms with Crippen molar-refractivity contribution >= 4 is 29.2 Å². The molecule has 2 saturated heterocycles. The Morgan fingerprint density at radius 3 is 2.60 bits per heavy atom. The van der Waals surface area contributed by atoms with Crippen LogP contribution in [0.2, 0.25) is 0 Å². The van der Waals surface area contributed by atoms with E-state index in [0.717, 1.165) is 31.2 Å². The number of rotatable bonds is 6. The number of carbonyl (C=O) groups excluding carboxylic acids is 3. The number of ether oxygens (including phenoxy) is 2. The van der Waals surface area contributed by atoms with Crippen molar-refractivity contribution in [2.45, 2.75) is 57.8 Å². The highest BCUT2D eigenvalue weighted by atomic mass is 16.5. The standard InChI is InChI=1S/C27H31N3O5/c1-3-34-22-11-7-5-9-20(22)28-23(31)16-29-24-19-8-4-6-10-21(19)35-25(24)26(32)30(27(29)33)18-14-12-17(2)13-15-18/h5,7,9,11-15,19,21,24-25H,3-4,6,8,10,16H2,1-2H3,(H,28,31). The molecule has 8 nitrogen and oxygen atoms in total. The summed E-state index contributed by atoms with van der Waals surface area (Å²) in [5.74, 6) is -0.0807. The van der Waals surface area contributed by atoms with Crippen LogP contribution in [0.4, 0.5) is 16.2 Å². The summed E-state index contributed by atoms with van der Waals surface area (Å²) in [7, 11) is 0. The van der Waals surface area contributed by atoms with Crippen molar-refractivity contribution in [1.29, 1.82) is 0 Å². The summed E-state index contributed by atoms with van der Waals surface area (Å²) in [5, 5.41) is 2.89. The van der Waals surface area contributed by atoms with Crippen LogP contribution >= 0.6 is 0 Å². The van der Waals surface area contributed by atoms with Crippen molar-refractivity contribution in [3.8, 4) is 5.75 Å². The zero-order valence-corrected chi connectivity index (χ0v) is 20.1. The van der Waals surface area contributed by atoms with Gasteiger partial charge in [-0.1, -0.05) is 42.7 Å². The van der Waals surface area contributed by atoms with E-state index in [1.54, 1.807) is 29.2 Å². The third-order valence-corrected chi connectivity index (χ3v) is 7.15. The number of fused-ring (bicyclic) bond motifs is 3. The minimum Gasteiger partial charge on any atom is -0.492 e. The van der Waals surface area contributed by atoms with Crippen LogP contribution in [0.15, 0.2) is 48.5 Å². The van der Waals surface area contributed by atoms with Gasteiger partial charge >= 0.3 is 6.03 Å². The van der Waals surface area contributed by atoms with E-state index in [9.17, 15) is 14.4 Å². The van der Waals surface area contributed by atoms with E-state index >= 15 is 0 Å². The Bertz CT molecular complexity index is 1120. The van der Waals surface area contributed by atoms with Gasteiger partial charge in [-0.15, -0.1) is 0 Å². The van der Waals surface area contributed by atoms with Crippen LogP contribution < -0.4 is 15.0 Å². The van der Waals surface area contributed by atoms with Crippen LogP contribution in [0, 0.1) is 12.8 Å². The molecule has 0 spiro atoms. The number of anilines is 2. The first-order chi connectivity index (χ1) is 17.0. The molecule has 4 atom stereocenters. The molecular weight excluding hydrogens is 446 g/mol. The van der Waals surface area contributed by atoms with Gasteiger partial charge in [-0.2, -0.15) is 0 Å². The van der Waals surface area contributed by atoms with Gasteiger partial charge in [0, 0.05) is 5.92 Å². The molecule has 4 amide bonds. The molecule has 5 rings (SSSR count). The molecule has 2 heterocycles. The molecule has 35 heavy (non-hydrogen) atoms. The van der Waals surface area contributed by atoms with E-state index in [0.29, 0.717) is 23.7 Å². The Kier molecular flexibility index (Phi) is 6.47. The van der Waals surface area contributed by atoms with Gasteiger partial charge in [-0.25, -0.2) is 9.69 Å². The number of amides is 4. The van der Waals surface area contributed by atoms with Gasteiger partial charge in [0.1, 0.15) is 12.3 Å². The summed E-state index contributed by atoms with van der Waals surface area (Å²) in [4.78, 5) is 43.2. The number of imide groups is 1. The highest BCUT2D eigenvalue weighted by Crippen LogP contribution is 2.43. The quantitative estimate of drug-likeness (QED) is 0.676. The van der Waals surface area contributed by atoms with Gasteiger partial charge in [-0.3, -0.25) is 9.59 Å². The van der Waals surface area contributed by atoms with Crippen molar-refractivity contribution in [2.75, 3.05) is 23.4 Å². The van der Waals surface area contributed by atoms with Gasteiger partial charge in [0.25, 0.3) is 5.91 Å². The van der Waals surface area contributed by atoms with Crippen LogP contribution in [0.1, 0.15) is 38.2 Å². The van der Waals surface area contributed by atoms with E-state index < -0.39 is 18.2 Å².